The van der Waals surface area contributed by atoms with Gasteiger partial charge in [-0.3, -0.25) is 9.48 Å². The molecule has 1 aromatic heterocycles. The number of hydrogen-bond acceptors (Lipinski definition) is 3. The molecule has 1 atom stereocenters. The molecule has 0 saturated carbocycles. The van der Waals surface area contributed by atoms with Crippen molar-refractivity contribution in [1.82, 2.24) is 15.1 Å². The number of halogens is 1. The second-order valence-electron chi connectivity index (χ2n) is 4.27. The van der Waals surface area contributed by atoms with E-state index in [-0.39, 0.29) is 0 Å². The second kappa shape index (κ2) is 6.16. The number of rotatable bonds is 7. The molecule has 0 saturated heterocycles. The zero-order valence-electron chi connectivity index (χ0n) is 10.1. The van der Waals surface area contributed by atoms with E-state index in [1.165, 1.54) is 0 Å². The van der Waals surface area contributed by atoms with E-state index in [4.69, 9.17) is 5.11 Å². The van der Waals surface area contributed by atoms with Gasteiger partial charge in [-0.1, -0.05) is 0 Å². The van der Waals surface area contributed by atoms with E-state index >= 15 is 0 Å². The molecular formula is C11H18BrN3O2. The fraction of sp³-hybridized carbons (Fsp3) is 0.636. The maximum Gasteiger partial charge on any atom is 0.323 e. The SMILES string of the molecule is CNC(C)(CCCCn1cc(Br)cn1)C(=O)O. The number of unbranched alkanes of at least 4 members (excludes halogenated alkanes) is 1. The lowest BCUT2D eigenvalue weighted by Gasteiger charge is -2.23. The van der Waals surface area contributed by atoms with E-state index in [0.29, 0.717) is 6.42 Å². The highest BCUT2D eigenvalue weighted by atomic mass is 79.9. The van der Waals surface area contributed by atoms with Crippen LogP contribution in [-0.4, -0.2) is 33.4 Å². The van der Waals surface area contributed by atoms with Gasteiger partial charge in [0.15, 0.2) is 0 Å². The quantitative estimate of drug-likeness (QED) is 0.755. The minimum atomic E-state index is -0.829. The maximum absolute atomic E-state index is 11.0. The Morgan fingerprint density at radius 3 is 2.82 bits per heavy atom. The number of carboxylic acids is 1. The van der Waals surface area contributed by atoms with Crippen molar-refractivity contribution in [2.75, 3.05) is 7.05 Å². The van der Waals surface area contributed by atoms with Crippen molar-refractivity contribution in [1.29, 1.82) is 0 Å². The van der Waals surface area contributed by atoms with Gasteiger partial charge in [-0.15, -0.1) is 0 Å². The topological polar surface area (TPSA) is 67.2 Å². The summed E-state index contributed by atoms with van der Waals surface area (Å²) in [7, 11) is 1.68. The first-order valence-electron chi connectivity index (χ1n) is 5.58. The maximum atomic E-state index is 11.0. The molecule has 1 aromatic rings. The molecule has 17 heavy (non-hydrogen) atoms. The molecule has 0 bridgehead atoms. The van der Waals surface area contributed by atoms with Gasteiger partial charge in [-0.2, -0.15) is 5.10 Å². The molecule has 0 spiro atoms. The van der Waals surface area contributed by atoms with E-state index in [1.54, 1.807) is 20.2 Å². The summed E-state index contributed by atoms with van der Waals surface area (Å²) < 4.78 is 2.81. The molecule has 0 fully saturated rings. The molecule has 1 unspecified atom stereocenters. The van der Waals surface area contributed by atoms with Gasteiger partial charge in [0.25, 0.3) is 0 Å². The first-order chi connectivity index (χ1) is 7.98. The highest BCUT2D eigenvalue weighted by molar-refractivity contribution is 9.10. The smallest absolute Gasteiger partial charge is 0.323 e. The summed E-state index contributed by atoms with van der Waals surface area (Å²) in [4.78, 5) is 11.0. The van der Waals surface area contributed by atoms with E-state index in [9.17, 15) is 4.79 Å². The molecule has 0 amide bonds. The van der Waals surface area contributed by atoms with Crippen molar-refractivity contribution in [3.05, 3.63) is 16.9 Å². The Kier molecular flexibility index (Phi) is 5.14. The van der Waals surface area contributed by atoms with Crippen molar-refractivity contribution >= 4 is 21.9 Å². The van der Waals surface area contributed by atoms with Crippen LogP contribution >= 0.6 is 15.9 Å². The highest BCUT2D eigenvalue weighted by Gasteiger charge is 2.29. The van der Waals surface area contributed by atoms with Crippen LogP contribution in [-0.2, 0) is 11.3 Å². The van der Waals surface area contributed by atoms with E-state index < -0.39 is 11.5 Å². The van der Waals surface area contributed by atoms with Crippen LogP contribution < -0.4 is 5.32 Å². The van der Waals surface area contributed by atoms with E-state index in [0.717, 1.165) is 23.9 Å². The Balaban J connectivity index is 2.30. The zero-order chi connectivity index (χ0) is 12.9. The number of nitrogens with zero attached hydrogens (tertiary/aromatic N) is 2. The molecule has 5 nitrogen and oxygen atoms in total. The van der Waals surface area contributed by atoms with Gasteiger partial charge in [0.2, 0.25) is 0 Å². The molecule has 1 rings (SSSR count). The normalized spacial score (nSPS) is 14.5. The highest BCUT2D eigenvalue weighted by Crippen LogP contribution is 2.14. The zero-order valence-corrected chi connectivity index (χ0v) is 11.7. The molecule has 1 heterocycles. The summed E-state index contributed by atoms with van der Waals surface area (Å²) in [5, 5.41) is 16.1. The van der Waals surface area contributed by atoms with Crippen molar-refractivity contribution in [3.63, 3.8) is 0 Å². The molecular weight excluding hydrogens is 286 g/mol. The minimum absolute atomic E-state index is 0.612. The summed E-state index contributed by atoms with van der Waals surface area (Å²) in [6.45, 7) is 2.52. The lowest BCUT2D eigenvalue weighted by atomic mass is 9.95. The Bertz CT molecular complexity index is 381. The predicted octanol–water partition coefficient (Wildman–Crippen LogP) is 1.88. The number of aliphatic carboxylic acids is 1. The standard InChI is InChI=1S/C11H18BrN3O2/c1-11(13-2,10(16)17)5-3-4-6-15-8-9(12)7-14-15/h7-8,13H,3-6H2,1-2H3,(H,16,17). The Labute approximate surface area is 109 Å². The van der Waals surface area contributed by atoms with Gasteiger partial charge >= 0.3 is 5.97 Å². The van der Waals surface area contributed by atoms with Crippen molar-refractivity contribution in [3.8, 4) is 0 Å². The van der Waals surface area contributed by atoms with Gasteiger partial charge in [0.05, 0.1) is 10.7 Å². The molecule has 96 valence electrons. The van der Waals surface area contributed by atoms with Crippen LogP contribution in [0, 0.1) is 0 Å². The minimum Gasteiger partial charge on any atom is -0.480 e. The lowest BCUT2D eigenvalue weighted by molar-refractivity contribution is -0.144. The number of hydrogen-bond donors (Lipinski definition) is 2. The van der Waals surface area contributed by atoms with Gasteiger partial charge in [0, 0.05) is 12.7 Å². The van der Waals surface area contributed by atoms with Crippen LogP contribution in [0.3, 0.4) is 0 Å². The summed E-state index contributed by atoms with van der Waals surface area (Å²) in [5.41, 5.74) is -0.829. The number of aryl methyl sites for hydroxylation is 1. The Morgan fingerprint density at radius 2 is 2.35 bits per heavy atom. The number of likely N-dealkylation sites (N-methyl/N-ethyl adjacent to an activating group) is 1. The first kappa shape index (κ1) is 14.2. The molecule has 0 aromatic carbocycles. The third-order valence-electron chi connectivity index (χ3n) is 2.94. The van der Waals surface area contributed by atoms with Crippen molar-refractivity contribution in [2.45, 2.75) is 38.3 Å². The monoisotopic (exact) mass is 303 g/mol. The van der Waals surface area contributed by atoms with Crippen LogP contribution in [0.5, 0.6) is 0 Å². The average molecular weight is 304 g/mol. The van der Waals surface area contributed by atoms with Crippen molar-refractivity contribution < 1.29 is 9.90 Å². The van der Waals surface area contributed by atoms with Crippen molar-refractivity contribution in [2.24, 2.45) is 0 Å². The van der Waals surface area contributed by atoms with Gasteiger partial charge in [-0.25, -0.2) is 0 Å². The van der Waals surface area contributed by atoms with E-state index in [1.807, 2.05) is 10.9 Å². The van der Waals surface area contributed by atoms with Crippen LogP contribution in [0.25, 0.3) is 0 Å². The molecule has 0 radical (unpaired) electrons. The first-order valence-corrected chi connectivity index (χ1v) is 6.37. The van der Waals surface area contributed by atoms with Crippen LogP contribution in [0.4, 0.5) is 0 Å². The largest absolute Gasteiger partial charge is 0.480 e. The molecule has 0 aliphatic rings. The fourth-order valence-corrected chi connectivity index (χ4v) is 1.88. The molecule has 0 aliphatic carbocycles. The lowest BCUT2D eigenvalue weighted by Crippen LogP contribution is -2.47. The van der Waals surface area contributed by atoms with Gasteiger partial charge < -0.3 is 10.4 Å². The third-order valence-corrected chi connectivity index (χ3v) is 3.35. The number of aromatic nitrogens is 2. The predicted molar refractivity (Wildman–Crippen MR) is 68.9 cm³/mol. The number of carboxylic acid groups (broad SMARTS) is 1. The Morgan fingerprint density at radius 1 is 1.65 bits per heavy atom. The summed E-state index contributed by atoms with van der Waals surface area (Å²) in [6, 6.07) is 0. The fourth-order valence-electron chi connectivity index (χ4n) is 1.55. The van der Waals surface area contributed by atoms with Gasteiger partial charge in [-0.05, 0) is 49.2 Å². The van der Waals surface area contributed by atoms with Gasteiger partial charge in [0.1, 0.15) is 5.54 Å². The molecule has 0 aliphatic heterocycles. The van der Waals surface area contributed by atoms with E-state index in [2.05, 4.69) is 26.3 Å². The summed E-state index contributed by atoms with van der Waals surface area (Å²) in [5.74, 6) is -0.804. The summed E-state index contributed by atoms with van der Waals surface area (Å²) in [6.07, 6.45) is 6.03. The molecule has 6 heteroatoms. The number of nitrogens with one attached hydrogen (secondary N) is 1. The third kappa shape index (κ3) is 4.12. The number of carbonyl (C=O) groups is 1. The molecule has 2 N–H and O–H groups in total. The average Bonchev–Trinajstić information content (AvgIpc) is 2.70. The van der Waals surface area contributed by atoms with Crippen LogP contribution in [0.1, 0.15) is 26.2 Å². The second-order valence-corrected chi connectivity index (χ2v) is 5.18. The van der Waals surface area contributed by atoms with Crippen LogP contribution in [0.15, 0.2) is 16.9 Å². The Hall–Kier alpha value is -0.880. The summed E-state index contributed by atoms with van der Waals surface area (Å²) >= 11 is 3.33. The van der Waals surface area contributed by atoms with Crippen LogP contribution in [0.2, 0.25) is 0 Å².